The molecule has 0 radical (unpaired) electrons. The van der Waals surface area contributed by atoms with Gasteiger partial charge in [-0.25, -0.2) is 0 Å². The van der Waals surface area contributed by atoms with Crippen molar-refractivity contribution in [1.82, 2.24) is 4.90 Å². The maximum Gasteiger partial charge on any atom is 0.313 e. The largest absolute Gasteiger partial charge is 0.330 e. The second kappa shape index (κ2) is 6.55. The Morgan fingerprint density at radius 3 is 2.25 bits per heavy atom. The molecule has 0 aliphatic carbocycles. The smallest absolute Gasteiger partial charge is 0.313 e. The number of hydrogen-bond acceptors (Lipinski definition) is 2. The zero-order chi connectivity index (χ0) is 15.3. The molecule has 0 unspecified atom stereocenters. The molecular formula is C16H24N2O2. The lowest BCUT2D eigenvalue weighted by molar-refractivity contribution is -0.146. The van der Waals surface area contributed by atoms with Crippen LogP contribution in [0.1, 0.15) is 40.2 Å². The highest BCUT2D eigenvalue weighted by Crippen LogP contribution is 2.17. The van der Waals surface area contributed by atoms with Gasteiger partial charge in [-0.05, 0) is 45.7 Å². The molecular weight excluding hydrogens is 252 g/mol. The number of anilines is 1. The Morgan fingerprint density at radius 2 is 1.75 bits per heavy atom. The van der Waals surface area contributed by atoms with Crippen molar-refractivity contribution in [2.45, 2.75) is 46.6 Å². The van der Waals surface area contributed by atoms with Gasteiger partial charge >= 0.3 is 11.8 Å². The zero-order valence-electron chi connectivity index (χ0n) is 13.0. The minimum Gasteiger partial charge on any atom is -0.330 e. The third-order valence-corrected chi connectivity index (χ3v) is 3.21. The topological polar surface area (TPSA) is 49.4 Å². The van der Waals surface area contributed by atoms with Gasteiger partial charge in [-0.1, -0.05) is 25.1 Å². The predicted octanol–water partition coefficient (Wildman–Crippen LogP) is 2.83. The van der Waals surface area contributed by atoms with E-state index in [1.807, 2.05) is 58.9 Å². The number of nitrogens with one attached hydrogen (secondary N) is 1. The van der Waals surface area contributed by atoms with Crippen molar-refractivity contribution < 1.29 is 9.59 Å². The van der Waals surface area contributed by atoms with Crippen LogP contribution < -0.4 is 5.32 Å². The molecule has 4 nitrogen and oxygen atoms in total. The summed E-state index contributed by atoms with van der Waals surface area (Å²) in [4.78, 5) is 25.9. The molecule has 1 N–H and O–H groups in total. The van der Waals surface area contributed by atoms with Gasteiger partial charge in [0.25, 0.3) is 0 Å². The van der Waals surface area contributed by atoms with Crippen LogP contribution in [-0.2, 0) is 16.0 Å². The van der Waals surface area contributed by atoms with Crippen LogP contribution in [0.3, 0.4) is 0 Å². The van der Waals surface area contributed by atoms with Crippen molar-refractivity contribution in [3.05, 3.63) is 29.8 Å². The van der Waals surface area contributed by atoms with Crippen LogP contribution >= 0.6 is 0 Å². The number of aryl methyl sites for hydroxylation is 1. The molecule has 0 saturated heterocycles. The Labute approximate surface area is 121 Å². The van der Waals surface area contributed by atoms with Crippen LogP contribution in [0.4, 0.5) is 5.69 Å². The van der Waals surface area contributed by atoms with Crippen LogP contribution in [0.15, 0.2) is 24.3 Å². The average molecular weight is 276 g/mol. The maximum absolute atomic E-state index is 12.2. The highest BCUT2D eigenvalue weighted by molar-refractivity contribution is 6.39. The fraction of sp³-hybridized carbons (Fsp3) is 0.500. The first-order valence-corrected chi connectivity index (χ1v) is 7.02. The molecule has 4 heteroatoms. The summed E-state index contributed by atoms with van der Waals surface area (Å²) in [5, 5.41) is 2.72. The van der Waals surface area contributed by atoms with Crippen molar-refractivity contribution in [2.24, 2.45) is 0 Å². The molecule has 0 bridgehead atoms. The zero-order valence-corrected chi connectivity index (χ0v) is 13.0. The van der Waals surface area contributed by atoms with Gasteiger partial charge in [-0.15, -0.1) is 0 Å². The summed E-state index contributed by atoms with van der Waals surface area (Å²) in [6.07, 6.45) is 0.807. The Morgan fingerprint density at radius 1 is 1.15 bits per heavy atom. The van der Waals surface area contributed by atoms with E-state index in [1.54, 1.807) is 4.90 Å². The fourth-order valence-corrected chi connectivity index (χ4v) is 2.17. The van der Waals surface area contributed by atoms with Gasteiger partial charge in [-0.3, -0.25) is 9.59 Å². The summed E-state index contributed by atoms with van der Waals surface area (Å²) in [5.74, 6) is -1.08. The van der Waals surface area contributed by atoms with Crippen molar-refractivity contribution >= 4 is 17.5 Å². The number of rotatable bonds is 3. The highest BCUT2D eigenvalue weighted by atomic mass is 16.2. The number of carbonyl (C=O) groups is 2. The average Bonchev–Trinajstić information content (AvgIpc) is 2.38. The van der Waals surface area contributed by atoms with Crippen LogP contribution in [0.25, 0.3) is 0 Å². The lowest BCUT2D eigenvalue weighted by Gasteiger charge is -2.34. The van der Waals surface area contributed by atoms with Crippen LogP contribution in [0, 0.1) is 0 Å². The molecule has 0 heterocycles. The number of nitrogens with zero attached hydrogens (tertiary/aromatic N) is 1. The SMILES string of the molecule is CCc1ccccc1NC(=O)C(=O)N(CC)C(C)(C)C. The molecule has 0 saturated carbocycles. The van der Waals surface area contributed by atoms with E-state index in [2.05, 4.69) is 5.32 Å². The summed E-state index contributed by atoms with van der Waals surface area (Å²) in [5.41, 5.74) is 1.36. The Balaban J connectivity index is 2.88. The Hall–Kier alpha value is -1.84. The van der Waals surface area contributed by atoms with Crippen molar-refractivity contribution in [3.63, 3.8) is 0 Å². The van der Waals surface area contributed by atoms with E-state index in [0.29, 0.717) is 12.2 Å². The molecule has 0 aliphatic heterocycles. The lowest BCUT2D eigenvalue weighted by atomic mass is 10.1. The summed E-state index contributed by atoms with van der Waals surface area (Å²) in [6, 6.07) is 7.53. The van der Waals surface area contributed by atoms with Gasteiger partial charge < -0.3 is 10.2 Å². The van der Waals surface area contributed by atoms with E-state index in [0.717, 1.165) is 12.0 Å². The van der Waals surface area contributed by atoms with Gasteiger partial charge in [0.05, 0.1) is 0 Å². The monoisotopic (exact) mass is 276 g/mol. The van der Waals surface area contributed by atoms with Gasteiger partial charge in [0.15, 0.2) is 0 Å². The summed E-state index contributed by atoms with van der Waals surface area (Å²) in [7, 11) is 0. The number of para-hydroxylation sites is 1. The molecule has 20 heavy (non-hydrogen) atoms. The first-order chi connectivity index (χ1) is 9.31. The second-order valence-corrected chi connectivity index (χ2v) is 5.69. The van der Waals surface area contributed by atoms with Crippen LogP contribution in [0.5, 0.6) is 0 Å². The van der Waals surface area contributed by atoms with Gasteiger partial charge in [0.1, 0.15) is 0 Å². The third kappa shape index (κ3) is 3.83. The van der Waals surface area contributed by atoms with Gasteiger partial charge in [0.2, 0.25) is 0 Å². The molecule has 0 fully saturated rings. The molecule has 1 rings (SSSR count). The predicted molar refractivity (Wildman–Crippen MR) is 81.6 cm³/mol. The maximum atomic E-state index is 12.2. The first-order valence-electron chi connectivity index (χ1n) is 7.02. The van der Waals surface area contributed by atoms with E-state index in [4.69, 9.17) is 0 Å². The highest BCUT2D eigenvalue weighted by Gasteiger charge is 2.29. The number of amides is 2. The Kier molecular flexibility index (Phi) is 5.31. The van der Waals surface area contributed by atoms with Crippen molar-refractivity contribution in [2.75, 3.05) is 11.9 Å². The minimum absolute atomic E-state index is 0.368. The molecule has 110 valence electrons. The number of benzene rings is 1. The first kappa shape index (κ1) is 16.2. The standard InChI is InChI=1S/C16H24N2O2/c1-6-12-10-8-9-11-13(12)17-14(19)15(20)18(7-2)16(3,4)5/h8-11H,6-7H2,1-5H3,(H,17,19). The minimum atomic E-state index is -0.581. The normalized spacial score (nSPS) is 11.1. The fourth-order valence-electron chi connectivity index (χ4n) is 2.17. The van der Waals surface area contributed by atoms with E-state index in [-0.39, 0.29) is 5.54 Å². The van der Waals surface area contributed by atoms with Gasteiger partial charge in [0, 0.05) is 17.8 Å². The summed E-state index contributed by atoms with van der Waals surface area (Å²) < 4.78 is 0. The van der Waals surface area contributed by atoms with Crippen molar-refractivity contribution in [3.8, 4) is 0 Å². The molecule has 0 aliphatic rings. The molecule has 1 aromatic rings. The van der Waals surface area contributed by atoms with E-state index in [1.165, 1.54) is 0 Å². The molecule has 0 spiro atoms. The second-order valence-electron chi connectivity index (χ2n) is 5.69. The van der Waals surface area contributed by atoms with E-state index in [9.17, 15) is 9.59 Å². The number of carbonyl (C=O) groups excluding carboxylic acids is 2. The van der Waals surface area contributed by atoms with Crippen LogP contribution in [-0.4, -0.2) is 28.8 Å². The van der Waals surface area contributed by atoms with Gasteiger partial charge in [-0.2, -0.15) is 0 Å². The molecule has 0 aromatic heterocycles. The van der Waals surface area contributed by atoms with Crippen molar-refractivity contribution in [1.29, 1.82) is 0 Å². The quantitative estimate of drug-likeness (QED) is 0.863. The number of hydrogen-bond donors (Lipinski definition) is 1. The molecule has 1 aromatic carbocycles. The third-order valence-electron chi connectivity index (χ3n) is 3.21. The van der Waals surface area contributed by atoms with Crippen LogP contribution in [0.2, 0.25) is 0 Å². The summed E-state index contributed by atoms with van der Waals surface area (Å²) >= 11 is 0. The Bertz CT molecular complexity index is 489. The lowest BCUT2D eigenvalue weighted by Crippen LogP contribution is -2.49. The van der Waals surface area contributed by atoms with E-state index >= 15 is 0 Å². The molecule has 2 amide bonds. The van der Waals surface area contributed by atoms with E-state index < -0.39 is 11.8 Å². The summed E-state index contributed by atoms with van der Waals surface area (Å²) in [6.45, 7) is 10.1. The molecule has 0 atom stereocenters. The number of likely N-dealkylation sites (N-methyl/N-ethyl adjacent to an activating group) is 1.